The highest BCUT2D eigenvalue weighted by Crippen LogP contribution is 2.15. The van der Waals surface area contributed by atoms with Crippen LogP contribution in [-0.4, -0.2) is 24.0 Å². The van der Waals surface area contributed by atoms with Crippen LogP contribution in [0.3, 0.4) is 0 Å². The summed E-state index contributed by atoms with van der Waals surface area (Å²) in [7, 11) is 0. The summed E-state index contributed by atoms with van der Waals surface area (Å²) in [4.78, 5) is 23.2. The molecule has 2 atom stereocenters. The zero-order valence-electron chi connectivity index (χ0n) is 14.2. The zero-order chi connectivity index (χ0) is 16.8. The van der Waals surface area contributed by atoms with Gasteiger partial charge in [0.05, 0.1) is 6.04 Å². The quantitative estimate of drug-likeness (QED) is 0.676. The van der Waals surface area contributed by atoms with Crippen LogP contribution in [0.5, 0.6) is 0 Å². The smallest absolute Gasteiger partial charge is 0.315 e. The fourth-order valence-corrected chi connectivity index (χ4v) is 3.06. The molecule has 0 radical (unpaired) electrons. The minimum Gasteiger partial charge on any atom is -0.334 e. The molecule has 3 amide bonds. The minimum atomic E-state index is -0.0738. The third kappa shape index (κ3) is 5.58. The molecule has 0 saturated carbocycles. The Morgan fingerprint density at radius 3 is 2.39 bits per heavy atom. The maximum absolute atomic E-state index is 12.0. The van der Waals surface area contributed by atoms with Gasteiger partial charge in [-0.1, -0.05) is 18.9 Å². The molecule has 1 aliphatic heterocycles. The molecule has 0 bridgehead atoms. The van der Waals surface area contributed by atoms with Crippen LogP contribution in [0.4, 0.5) is 10.5 Å². The molecule has 2 rings (SSSR count). The summed E-state index contributed by atoms with van der Waals surface area (Å²) in [5, 5.41) is 8.73. The van der Waals surface area contributed by atoms with E-state index in [9.17, 15) is 9.59 Å². The van der Waals surface area contributed by atoms with E-state index in [0.29, 0.717) is 6.42 Å². The lowest BCUT2D eigenvalue weighted by Gasteiger charge is -2.13. The maximum atomic E-state index is 12.0. The highest BCUT2D eigenvalue weighted by Gasteiger charge is 2.26. The molecule has 0 aromatic heterocycles. The average Bonchev–Trinajstić information content (AvgIpc) is 2.75. The van der Waals surface area contributed by atoms with Crippen molar-refractivity contribution in [3.63, 3.8) is 0 Å². The highest BCUT2D eigenvalue weighted by atomic mass is 16.2. The number of hydrogen-bond donors (Lipinski definition) is 3. The Kier molecular flexibility index (Phi) is 6.02. The number of nitrogens with one attached hydrogen (secondary N) is 3. The van der Waals surface area contributed by atoms with Gasteiger partial charge in [0, 0.05) is 18.2 Å². The Hall–Kier alpha value is -2.04. The van der Waals surface area contributed by atoms with Gasteiger partial charge < -0.3 is 16.0 Å². The Morgan fingerprint density at radius 1 is 1.09 bits per heavy atom. The first-order valence-corrected chi connectivity index (χ1v) is 8.39. The van der Waals surface area contributed by atoms with Gasteiger partial charge in [-0.25, -0.2) is 4.79 Å². The first kappa shape index (κ1) is 17.3. The molecule has 2 unspecified atom stereocenters. The fourth-order valence-electron chi connectivity index (χ4n) is 3.06. The van der Waals surface area contributed by atoms with Crippen LogP contribution in [0.2, 0.25) is 0 Å². The lowest BCUT2D eigenvalue weighted by molar-refractivity contribution is -0.116. The molecule has 3 N–H and O–H groups in total. The molecule has 1 aromatic carbocycles. The summed E-state index contributed by atoms with van der Waals surface area (Å²) in [5.74, 6) is 0.0687. The number of hydrogen-bond acceptors (Lipinski definition) is 2. The van der Waals surface area contributed by atoms with Gasteiger partial charge in [0.15, 0.2) is 0 Å². The van der Waals surface area contributed by atoms with Crippen molar-refractivity contribution >= 4 is 17.6 Å². The van der Waals surface area contributed by atoms with Crippen molar-refractivity contribution < 1.29 is 9.59 Å². The van der Waals surface area contributed by atoms with Gasteiger partial charge in [0.1, 0.15) is 0 Å². The summed E-state index contributed by atoms with van der Waals surface area (Å²) >= 11 is 0. The second kappa shape index (κ2) is 7.99. The standard InChI is InChI=1S/C18H27N3O2/c1-12-9-13(2)11-15(10-12)20-17(22)8-6-4-5-7-16-14(3)19-18(23)21-16/h9-11,14,16H,4-8H2,1-3H3,(H,20,22)(H2,19,21,23). The number of carbonyl (C=O) groups excluding carboxylic acids is 2. The van der Waals surface area contributed by atoms with Gasteiger partial charge in [-0.15, -0.1) is 0 Å². The molecule has 1 aliphatic rings. The van der Waals surface area contributed by atoms with Crippen molar-refractivity contribution in [3.8, 4) is 0 Å². The first-order valence-electron chi connectivity index (χ1n) is 8.39. The van der Waals surface area contributed by atoms with Gasteiger partial charge in [0.2, 0.25) is 5.91 Å². The van der Waals surface area contributed by atoms with Crippen molar-refractivity contribution in [2.24, 2.45) is 0 Å². The number of urea groups is 1. The number of unbranched alkanes of at least 4 members (excludes halogenated alkanes) is 2. The number of anilines is 1. The second-order valence-corrected chi connectivity index (χ2v) is 6.54. The van der Waals surface area contributed by atoms with E-state index in [0.717, 1.165) is 42.5 Å². The van der Waals surface area contributed by atoms with Crippen LogP contribution in [0.15, 0.2) is 18.2 Å². The molecular formula is C18H27N3O2. The van der Waals surface area contributed by atoms with Crippen molar-refractivity contribution in [2.45, 2.75) is 65.0 Å². The summed E-state index contributed by atoms with van der Waals surface area (Å²) in [6.07, 6.45) is 4.39. The monoisotopic (exact) mass is 317 g/mol. The van der Waals surface area contributed by atoms with E-state index in [1.807, 2.05) is 32.9 Å². The minimum absolute atomic E-state index is 0.0687. The van der Waals surface area contributed by atoms with E-state index in [4.69, 9.17) is 0 Å². The molecule has 1 aromatic rings. The lowest BCUT2D eigenvalue weighted by atomic mass is 10.0. The molecular weight excluding hydrogens is 290 g/mol. The van der Waals surface area contributed by atoms with Gasteiger partial charge in [-0.2, -0.15) is 0 Å². The predicted octanol–water partition coefficient (Wildman–Crippen LogP) is 3.26. The van der Waals surface area contributed by atoms with Crippen LogP contribution in [0.25, 0.3) is 0 Å². The van der Waals surface area contributed by atoms with Crippen molar-refractivity contribution in [2.75, 3.05) is 5.32 Å². The van der Waals surface area contributed by atoms with E-state index in [2.05, 4.69) is 22.0 Å². The fraction of sp³-hybridized carbons (Fsp3) is 0.556. The summed E-state index contributed by atoms with van der Waals surface area (Å²) in [6.45, 7) is 6.07. The average molecular weight is 317 g/mol. The Morgan fingerprint density at radius 2 is 1.78 bits per heavy atom. The number of rotatable bonds is 7. The molecule has 126 valence electrons. The van der Waals surface area contributed by atoms with Crippen molar-refractivity contribution in [1.29, 1.82) is 0 Å². The van der Waals surface area contributed by atoms with Crippen LogP contribution in [-0.2, 0) is 4.79 Å². The van der Waals surface area contributed by atoms with Crippen LogP contribution >= 0.6 is 0 Å². The van der Waals surface area contributed by atoms with Crippen LogP contribution < -0.4 is 16.0 Å². The topological polar surface area (TPSA) is 70.2 Å². The molecule has 1 heterocycles. The normalized spacial score (nSPS) is 20.0. The largest absolute Gasteiger partial charge is 0.334 e. The Bertz CT molecular complexity index is 551. The summed E-state index contributed by atoms with van der Waals surface area (Å²) < 4.78 is 0. The van der Waals surface area contributed by atoms with E-state index < -0.39 is 0 Å². The zero-order valence-corrected chi connectivity index (χ0v) is 14.2. The van der Waals surface area contributed by atoms with E-state index in [1.165, 1.54) is 0 Å². The van der Waals surface area contributed by atoms with Crippen LogP contribution in [0, 0.1) is 13.8 Å². The van der Waals surface area contributed by atoms with Crippen molar-refractivity contribution in [1.82, 2.24) is 10.6 Å². The lowest BCUT2D eigenvalue weighted by Crippen LogP contribution is -2.30. The number of amides is 3. The number of aryl methyl sites for hydroxylation is 2. The van der Waals surface area contributed by atoms with E-state index >= 15 is 0 Å². The molecule has 0 aliphatic carbocycles. The highest BCUT2D eigenvalue weighted by molar-refractivity contribution is 5.90. The summed E-state index contributed by atoms with van der Waals surface area (Å²) in [5.41, 5.74) is 3.18. The SMILES string of the molecule is Cc1cc(C)cc(NC(=O)CCCCCC2NC(=O)NC2C)c1. The number of benzene rings is 1. The van der Waals surface area contributed by atoms with E-state index in [1.54, 1.807) is 0 Å². The second-order valence-electron chi connectivity index (χ2n) is 6.54. The first-order chi connectivity index (χ1) is 10.9. The van der Waals surface area contributed by atoms with Gasteiger partial charge in [-0.05, 0) is 56.9 Å². The van der Waals surface area contributed by atoms with Gasteiger partial charge >= 0.3 is 6.03 Å². The third-order valence-corrected chi connectivity index (χ3v) is 4.20. The maximum Gasteiger partial charge on any atom is 0.315 e. The van der Waals surface area contributed by atoms with Gasteiger partial charge in [-0.3, -0.25) is 4.79 Å². The predicted molar refractivity (Wildman–Crippen MR) is 92.5 cm³/mol. The molecule has 5 nitrogen and oxygen atoms in total. The molecule has 5 heteroatoms. The van der Waals surface area contributed by atoms with Crippen LogP contribution in [0.1, 0.15) is 50.2 Å². The van der Waals surface area contributed by atoms with E-state index in [-0.39, 0.29) is 24.0 Å². The molecule has 23 heavy (non-hydrogen) atoms. The number of carbonyl (C=O) groups is 2. The molecule has 1 saturated heterocycles. The summed E-state index contributed by atoms with van der Waals surface area (Å²) in [6, 6.07) is 6.40. The molecule has 1 fully saturated rings. The molecule has 0 spiro atoms. The Balaban J connectivity index is 1.62. The van der Waals surface area contributed by atoms with Gasteiger partial charge in [0.25, 0.3) is 0 Å². The van der Waals surface area contributed by atoms with Crippen molar-refractivity contribution in [3.05, 3.63) is 29.3 Å². The third-order valence-electron chi connectivity index (χ3n) is 4.20. The Labute approximate surface area is 138 Å².